The molecule has 1 saturated heterocycles. The number of methoxy groups -OCH3 is 2. The number of aryl methyl sites for hydroxylation is 1. The average Bonchev–Trinajstić information content (AvgIpc) is 3.26. The van der Waals surface area contributed by atoms with Crippen molar-refractivity contribution in [1.82, 2.24) is 8.87 Å². The fourth-order valence-electron chi connectivity index (χ4n) is 4.59. The van der Waals surface area contributed by atoms with Crippen LogP contribution in [0, 0.1) is 0 Å². The molecule has 35 heavy (non-hydrogen) atoms. The molecule has 1 atom stereocenters. The molecule has 0 radical (unpaired) electrons. The lowest BCUT2D eigenvalue weighted by Gasteiger charge is -2.34. The number of benzene rings is 2. The number of piperidine rings is 1. The number of ether oxygens (including phenoxy) is 2. The molecule has 2 aromatic carbocycles. The highest BCUT2D eigenvalue weighted by Crippen LogP contribution is 2.35. The molecule has 1 unspecified atom stereocenters. The van der Waals surface area contributed by atoms with E-state index in [1.807, 2.05) is 30.5 Å². The number of carbonyl (C=O) groups is 1. The molecule has 0 aliphatic carbocycles. The molecule has 1 aliphatic heterocycles. The number of sulfonamides is 1. The Labute approximate surface area is 209 Å². The maximum Gasteiger partial charge on any atom is 0.279 e. The first-order chi connectivity index (χ1) is 16.8. The number of fused-ring (bicyclic) bond motifs is 1. The van der Waals surface area contributed by atoms with Crippen molar-refractivity contribution in [3.63, 3.8) is 0 Å². The highest BCUT2D eigenvalue weighted by atomic mass is 32.2. The van der Waals surface area contributed by atoms with E-state index in [9.17, 15) is 13.2 Å². The lowest BCUT2D eigenvalue weighted by molar-refractivity contribution is 0.0997. The Morgan fingerprint density at radius 3 is 2.37 bits per heavy atom. The van der Waals surface area contributed by atoms with E-state index >= 15 is 0 Å². The van der Waals surface area contributed by atoms with Crippen LogP contribution in [-0.2, 0) is 16.6 Å². The van der Waals surface area contributed by atoms with Crippen LogP contribution in [0.2, 0.25) is 0 Å². The van der Waals surface area contributed by atoms with Crippen LogP contribution < -0.4 is 14.3 Å². The van der Waals surface area contributed by atoms with Gasteiger partial charge in [-0.1, -0.05) is 24.7 Å². The number of rotatable bonds is 7. The van der Waals surface area contributed by atoms with Gasteiger partial charge in [0.1, 0.15) is 21.7 Å². The Balaban J connectivity index is 1.69. The maximum atomic E-state index is 13.2. The van der Waals surface area contributed by atoms with Crippen LogP contribution in [0.3, 0.4) is 0 Å². The quantitative estimate of drug-likeness (QED) is 0.462. The Morgan fingerprint density at radius 1 is 1.06 bits per heavy atom. The molecular formula is C25H31N3O5S2. The Bertz CT molecular complexity index is 1390. The predicted octanol–water partition coefficient (Wildman–Crippen LogP) is 4.43. The van der Waals surface area contributed by atoms with Crippen molar-refractivity contribution in [1.29, 1.82) is 0 Å². The van der Waals surface area contributed by atoms with Crippen molar-refractivity contribution in [3.05, 3.63) is 46.8 Å². The first-order valence-corrected chi connectivity index (χ1v) is 14.1. The van der Waals surface area contributed by atoms with E-state index in [1.165, 1.54) is 35.6 Å². The summed E-state index contributed by atoms with van der Waals surface area (Å²) in [6.45, 7) is 5.11. The monoisotopic (exact) mass is 517 g/mol. The summed E-state index contributed by atoms with van der Waals surface area (Å²) >= 11 is 1.35. The molecule has 2 heterocycles. The molecule has 1 amide bonds. The van der Waals surface area contributed by atoms with E-state index in [2.05, 4.69) is 4.99 Å². The van der Waals surface area contributed by atoms with Crippen molar-refractivity contribution >= 4 is 37.5 Å². The zero-order valence-corrected chi connectivity index (χ0v) is 22.1. The van der Waals surface area contributed by atoms with Crippen LogP contribution in [-0.4, -0.2) is 50.0 Å². The topological polar surface area (TPSA) is 90.2 Å². The molecule has 8 nitrogen and oxygen atoms in total. The van der Waals surface area contributed by atoms with Crippen LogP contribution in [0.25, 0.3) is 10.2 Å². The third kappa shape index (κ3) is 4.74. The molecule has 188 valence electrons. The summed E-state index contributed by atoms with van der Waals surface area (Å²) in [7, 11) is -0.408. The largest absolute Gasteiger partial charge is 0.495 e. The minimum atomic E-state index is -3.61. The SMILES string of the molecule is CCC1CCCCN1S(=O)(=O)c1ccc(C(=O)N=c2sc3c(OC)ccc(OC)c3n2CC)cc1. The van der Waals surface area contributed by atoms with Crippen molar-refractivity contribution in [2.45, 2.75) is 57.0 Å². The summed E-state index contributed by atoms with van der Waals surface area (Å²) in [4.78, 5) is 18.1. The smallest absolute Gasteiger partial charge is 0.279 e. The number of nitrogens with zero attached hydrogens (tertiary/aromatic N) is 3. The molecule has 1 fully saturated rings. The number of hydrogen-bond donors (Lipinski definition) is 0. The van der Waals surface area contributed by atoms with E-state index in [0.717, 1.165) is 35.9 Å². The second kappa shape index (κ2) is 10.5. The fraction of sp³-hybridized carbons (Fsp3) is 0.440. The summed E-state index contributed by atoms with van der Waals surface area (Å²) in [5, 5.41) is 0. The zero-order chi connectivity index (χ0) is 25.2. The Hall–Kier alpha value is -2.69. The van der Waals surface area contributed by atoms with Crippen molar-refractivity contribution in [2.24, 2.45) is 4.99 Å². The lowest BCUT2D eigenvalue weighted by Crippen LogP contribution is -2.43. The Morgan fingerprint density at radius 2 is 1.74 bits per heavy atom. The van der Waals surface area contributed by atoms with Gasteiger partial charge in [0.15, 0.2) is 4.80 Å². The molecule has 10 heteroatoms. The molecule has 0 bridgehead atoms. The van der Waals surface area contributed by atoms with Gasteiger partial charge in [-0.15, -0.1) is 0 Å². The summed E-state index contributed by atoms with van der Waals surface area (Å²) in [5.74, 6) is 0.912. The van der Waals surface area contributed by atoms with Crippen LogP contribution in [0.4, 0.5) is 0 Å². The van der Waals surface area contributed by atoms with Gasteiger partial charge < -0.3 is 14.0 Å². The van der Waals surface area contributed by atoms with E-state index in [-0.39, 0.29) is 10.9 Å². The summed E-state index contributed by atoms with van der Waals surface area (Å²) in [6, 6.07) is 9.76. The summed E-state index contributed by atoms with van der Waals surface area (Å²) in [6.07, 6.45) is 3.59. The van der Waals surface area contributed by atoms with Gasteiger partial charge >= 0.3 is 0 Å². The fourth-order valence-corrected chi connectivity index (χ4v) is 7.56. The van der Waals surface area contributed by atoms with Crippen LogP contribution in [0.5, 0.6) is 11.5 Å². The lowest BCUT2D eigenvalue weighted by atomic mass is 10.0. The van der Waals surface area contributed by atoms with Gasteiger partial charge in [0.05, 0.1) is 19.1 Å². The third-order valence-corrected chi connectivity index (χ3v) is 9.52. The first-order valence-electron chi connectivity index (χ1n) is 11.8. The van der Waals surface area contributed by atoms with Gasteiger partial charge in [0.2, 0.25) is 10.0 Å². The van der Waals surface area contributed by atoms with E-state index in [0.29, 0.717) is 35.0 Å². The molecule has 1 aliphatic rings. The van der Waals surface area contributed by atoms with Crippen LogP contribution in [0.1, 0.15) is 49.9 Å². The number of thiazole rings is 1. The molecule has 3 aromatic rings. The maximum absolute atomic E-state index is 13.2. The highest BCUT2D eigenvalue weighted by Gasteiger charge is 2.32. The van der Waals surface area contributed by atoms with Gasteiger partial charge in [-0.25, -0.2) is 8.42 Å². The molecule has 0 N–H and O–H groups in total. The first kappa shape index (κ1) is 25.4. The van der Waals surface area contributed by atoms with E-state index in [4.69, 9.17) is 9.47 Å². The van der Waals surface area contributed by atoms with Crippen molar-refractivity contribution < 1.29 is 22.7 Å². The summed E-state index contributed by atoms with van der Waals surface area (Å²) in [5.41, 5.74) is 1.15. The van der Waals surface area contributed by atoms with Crippen molar-refractivity contribution in [2.75, 3.05) is 20.8 Å². The van der Waals surface area contributed by atoms with Gasteiger partial charge in [0.25, 0.3) is 5.91 Å². The van der Waals surface area contributed by atoms with Crippen LogP contribution in [0.15, 0.2) is 46.3 Å². The number of aromatic nitrogens is 1. The van der Waals surface area contributed by atoms with Gasteiger partial charge in [0, 0.05) is 24.7 Å². The number of amides is 1. The normalized spacial score (nSPS) is 17.6. The minimum absolute atomic E-state index is 0.0245. The third-order valence-electron chi connectivity index (χ3n) is 6.46. The number of hydrogen-bond acceptors (Lipinski definition) is 6. The summed E-state index contributed by atoms with van der Waals surface area (Å²) < 4.78 is 41.8. The molecule has 1 aromatic heterocycles. The minimum Gasteiger partial charge on any atom is -0.495 e. The predicted molar refractivity (Wildman–Crippen MR) is 137 cm³/mol. The molecule has 0 saturated carbocycles. The zero-order valence-electron chi connectivity index (χ0n) is 20.5. The van der Waals surface area contributed by atoms with Crippen molar-refractivity contribution in [3.8, 4) is 11.5 Å². The van der Waals surface area contributed by atoms with Gasteiger partial charge in [-0.3, -0.25) is 4.79 Å². The second-order valence-electron chi connectivity index (χ2n) is 8.39. The van der Waals surface area contributed by atoms with E-state index in [1.54, 1.807) is 18.5 Å². The van der Waals surface area contributed by atoms with Gasteiger partial charge in [-0.2, -0.15) is 9.30 Å². The highest BCUT2D eigenvalue weighted by molar-refractivity contribution is 7.89. The molecule has 4 rings (SSSR count). The molecular weight excluding hydrogens is 486 g/mol. The average molecular weight is 518 g/mol. The van der Waals surface area contributed by atoms with E-state index < -0.39 is 15.9 Å². The van der Waals surface area contributed by atoms with Crippen LogP contribution >= 0.6 is 11.3 Å². The second-order valence-corrected chi connectivity index (χ2v) is 11.3. The number of carbonyl (C=O) groups excluding carboxylic acids is 1. The van der Waals surface area contributed by atoms with Gasteiger partial charge in [-0.05, 0) is 62.6 Å². The standard InChI is InChI=1S/C25H31N3O5S2/c1-5-18-9-7-8-16-28(18)35(30,31)19-12-10-17(11-13-19)24(29)26-25-27(6-2)22-20(32-3)14-15-21(33-4)23(22)34-25/h10-15,18H,5-9,16H2,1-4H3. The Kier molecular flexibility index (Phi) is 7.63. The molecule has 0 spiro atoms.